The fourth-order valence-corrected chi connectivity index (χ4v) is 6.79. The highest BCUT2D eigenvalue weighted by Crippen LogP contribution is 2.60. The number of carbonyl (C=O) groups excluding carboxylic acids is 3. The van der Waals surface area contributed by atoms with Gasteiger partial charge in [0.05, 0.1) is 5.92 Å². The number of halogens is 1. The Labute approximate surface area is 235 Å². The molecule has 1 spiro atoms. The predicted molar refractivity (Wildman–Crippen MR) is 155 cm³/mol. The number of para-hydroxylation sites is 1. The Morgan fingerprint density at radius 3 is 2.31 bits per heavy atom. The third-order valence-electron chi connectivity index (χ3n) is 8.19. The lowest BCUT2D eigenvalue weighted by molar-refractivity contribution is -0.146. The van der Waals surface area contributed by atoms with Crippen LogP contribution in [0.4, 0.5) is 5.69 Å². The van der Waals surface area contributed by atoms with Crippen LogP contribution in [0.15, 0.2) is 78.9 Å². The van der Waals surface area contributed by atoms with Crippen LogP contribution in [0.5, 0.6) is 0 Å². The Morgan fingerprint density at radius 2 is 1.64 bits per heavy atom. The molecule has 39 heavy (non-hydrogen) atoms. The van der Waals surface area contributed by atoms with Crippen molar-refractivity contribution in [2.24, 2.45) is 11.8 Å². The SMILES string of the molecule is CCCCC(=O)N1C(CC(C)C)C(c2ccc(Cl)cc2)C(C(=O)c2ccccc2)C12C(=O)Nc1ccccc12. The third kappa shape index (κ3) is 4.57. The first-order valence-electron chi connectivity index (χ1n) is 13.9. The Kier molecular flexibility index (Phi) is 7.64. The summed E-state index contributed by atoms with van der Waals surface area (Å²) in [5.41, 5.74) is 1.32. The van der Waals surface area contributed by atoms with E-state index in [9.17, 15) is 14.4 Å². The monoisotopic (exact) mass is 542 g/mol. The molecule has 0 bridgehead atoms. The minimum Gasteiger partial charge on any atom is -0.323 e. The molecule has 5 nitrogen and oxygen atoms in total. The average Bonchev–Trinajstić information content (AvgIpc) is 3.39. The van der Waals surface area contributed by atoms with Gasteiger partial charge < -0.3 is 10.2 Å². The molecule has 1 saturated heterocycles. The zero-order valence-corrected chi connectivity index (χ0v) is 23.4. The van der Waals surface area contributed by atoms with Crippen molar-refractivity contribution in [1.29, 1.82) is 0 Å². The number of nitrogens with one attached hydrogen (secondary N) is 1. The maximum Gasteiger partial charge on any atom is 0.255 e. The summed E-state index contributed by atoms with van der Waals surface area (Å²) in [6, 6.07) is 23.8. The van der Waals surface area contributed by atoms with Crippen LogP contribution in [0.2, 0.25) is 5.02 Å². The zero-order chi connectivity index (χ0) is 27.7. The number of anilines is 1. The number of hydrogen-bond donors (Lipinski definition) is 1. The van der Waals surface area contributed by atoms with Gasteiger partial charge in [-0.2, -0.15) is 0 Å². The molecule has 2 aliphatic heterocycles. The number of hydrogen-bond acceptors (Lipinski definition) is 3. The van der Waals surface area contributed by atoms with E-state index in [2.05, 4.69) is 26.1 Å². The van der Waals surface area contributed by atoms with Gasteiger partial charge in [-0.05, 0) is 42.5 Å². The van der Waals surface area contributed by atoms with Gasteiger partial charge in [-0.25, -0.2) is 0 Å². The molecule has 4 unspecified atom stereocenters. The van der Waals surface area contributed by atoms with Gasteiger partial charge in [0.25, 0.3) is 5.91 Å². The van der Waals surface area contributed by atoms with Crippen molar-refractivity contribution in [2.75, 3.05) is 5.32 Å². The molecule has 6 heteroatoms. The van der Waals surface area contributed by atoms with E-state index in [4.69, 9.17) is 11.6 Å². The maximum absolute atomic E-state index is 14.7. The first-order chi connectivity index (χ1) is 18.8. The van der Waals surface area contributed by atoms with E-state index < -0.39 is 17.4 Å². The molecule has 0 radical (unpaired) electrons. The summed E-state index contributed by atoms with van der Waals surface area (Å²) in [5.74, 6) is -1.53. The van der Waals surface area contributed by atoms with Crippen molar-refractivity contribution >= 4 is 34.9 Å². The molecule has 3 aromatic carbocycles. The molecule has 5 rings (SSSR count). The largest absolute Gasteiger partial charge is 0.323 e. The number of Topliss-reactive ketones (excluding diaryl/α,β-unsaturated/α-hetero) is 1. The lowest BCUT2D eigenvalue weighted by Crippen LogP contribution is -2.56. The Balaban J connectivity index is 1.84. The van der Waals surface area contributed by atoms with Crippen LogP contribution in [0.25, 0.3) is 0 Å². The molecule has 0 aromatic heterocycles. The Bertz CT molecular complexity index is 1370. The molecule has 2 aliphatic rings. The fourth-order valence-electron chi connectivity index (χ4n) is 6.67. The Hall–Kier alpha value is -3.44. The molecule has 1 N–H and O–H groups in total. The van der Waals surface area contributed by atoms with E-state index in [0.717, 1.165) is 12.0 Å². The second kappa shape index (κ2) is 11.0. The molecule has 202 valence electrons. The van der Waals surface area contributed by atoms with Crippen LogP contribution in [0.3, 0.4) is 0 Å². The van der Waals surface area contributed by atoms with Gasteiger partial charge in [0.1, 0.15) is 0 Å². The number of carbonyl (C=O) groups is 3. The van der Waals surface area contributed by atoms with Gasteiger partial charge in [-0.3, -0.25) is 14.4 Å². The molecule has 0 saturated carbocycles. The molecule has 0 aliphatic carbocycles. The van der Waals surface area contributed by atoms with Crippen LogP contribution >= 0.6 is 11.6 Å². The van der Waals surface area contributed by atoms with Gasteiger partial charge in [0, 0.05) is 40.2 Å². The van der Waals surface area contributed by atoms with Gasteiger partial charge in [-0.1, -0.05) is 99.5 Å². The summed E-state index contributed by atoms with van der Waals surface area (Å²) in [6.07, 6.45) is 2.55. The molecule has 1 fully saturated rings. The predicted octanol–water partition coefficient (Wildman–Crippen LogP) is 7.22. The van der Waals surface area contributed by atoms with Gasteiger partial charge in [0.15, 0.2) is 11.3 Å². The second-order valence-electron chi connectivity index (χ2n) is 11.1. The number of likely N-dealkylation sites (tertiary alicyclic amines) is 1. The topological polar surface area (TPSA) is 66.5 Å². The van der Waals surface area contributed by atoms with Crippen molar-refractivity contribution in [1.82, 2.24) is 4.90 Å². The number of amides is 2. The van der Waals surface area contributed by atoms with Crippen molar-refractivity contribution in [2.45, 2.75) is 64.0 Å². The van der Waals surface area contributed by atoms with Crippen LogP contribution in [0.1, 0.15) is 73.9 Å². The highest BCUT2D eigenvalue weighted by Gasteiger charge is 2.69. The molecule has 3 aromatic rings. The summed E-state index contributed by atoms with van der Waals surface area (Å²) in [7, 11) is 0. The lowest BCUT2D eigenvalue weighted by Gasteiger charge is -2.39. The third-order valence-corrected chi connectivity index (χ3v) is 8.44. The van der Waals surface area contributed by atoms with E-state index in [-0.39, 0.29) is 29.6 Å². The summed E-state index contributed by atoms with van der Waals surface area (Å²) in [4.78, 5) is 45.1. The fraction of sp³-hybridized carbons (Fsp3) is 0.364. The molecule has 2 heterocycles. The summed E-state index contributed by atoms with van der Waals surface area (Å²) in [5, 5.41) is 3.65. The van der Waals surface area contributed by atoms with Gasteiger partial charge >= 0.3 is 0 Å². The van der Waals surface area contributed by atoms with Crippen molar-refractivity contribution in [3.05, 3.63) is 101 Å². The van der Waals surface area contributed by atoms with Crippen molar-refractivity contribution in [3.63, 3.8) is 0 Å². The molecule has 2 amide bonds. The normalized spacial score (nSPS) is 23.8. The van der Waals surface area contributed by atoms with E-state index in [0.29, 0.717) is 41.1 Å². The molecule has 4 atom stereocenters. The number of nitrogens with zero attached hydrogens (tertiary/aromatic N) is 1. The standard InChI is InChI=1S/C33H35ClN2O3/c1-4-5-15-28(37)36-27(20-21(2)3)29(22-16-18-24(34)19-17-22)30(31(38)23-11-7-6-8-12-23)33(36)25-13-9-10-14-26(25)35-32(33)39/h6-14,16-19,21,27,29-30H,4-5,15,20H2,1-3H3,(H,35,39). The first-order valence-corrected chi connectivity index (χ1v) is 14.3. The maximum atomic E-state index is 14.7. The highest BCUT2D eigenvalue weighted by atomic mass is 35.5. The molecular formula is C33H35ClN2O3. The van der Waals surface area contributed by atoms with E-state index in [1.807, 2.05) is 71.6 Å². The van der Waals surface area contributed by atoms with E-state index >= 15 is 0 Å². The zero-order valence-electron chi connectivity index (χ0n) is 22.7. The number of rotatable bonds is 8. The van der Waals surface area contributed by atoms with Gasteiger partial charge in [0.2, 0.25) is 5.91 Å². The second-order valence-corrected chi connectivity index (χ2v) is 11.6. The van der Waals surface area contributed by atoms with Crippen molar-refractivity contribution in [3.8, 4) is 0 Å². The Morgan fingerprint density at radius 1 is 0.974 bits per heavy atom. The summed E-state index contributed by atoms with van der Waals surface area (Å²) < 4.78 is 0. The van der Waals surface area contributed by atoms with E-state index in [1.54, 1.807) is 12.1 Å². The lowest BCUT2D eigenvalue weighted by atomic mass is 9.69. The average molecular weight is 543 g/mol. The number of unbranched alkanes of at least 4 members (excludes halogenated alkanes) is 1. The van der Waals surface area contributed by atoms with Crippen LogP contribution in [-0.4, -0.2) is 28.5 Å². The van der Waals surface area contributed by atoms with Crippen LogP contribution in [-0.2, 0) is 15.1 Å². The van der Waals surface area contributed by atoms with Crippen LogP contribution in [0, 0.1) is 11.8 Å². The minimum absolute atomic E-state index is 0.0864. The first kappa shape index (κ1) is 27.1. The van der Waals surface area contributed by atoms with Crippen LogP contribution < -0.4 is 5.32 Å². The summed E-state index contributed by atoms with van der Waals surface area (Å²) >= 11 is 6.29. The van der Waals surface area contributed by atoms with Crippen molar-refractivity contribution < 1.29 is 14.4 Å². The number of ketones is 1. The highest BCUT2D eigenvalue weighted by molar-refractivity contribution is 6.30. The van der Waals surface area contributed by atoms with E-state index in [1.165, 1.54) is 0 Å². The minimum atomic E-state index is -1.46. The number of fused-ring (bicyclic) bond motifs is 2. The quantitative estimate of drug-likeness (QED) is 0.306. The smallest absolute Gasteiger partial charge is 0.255 e. The number of benzene rings is 3. The summed E-state index contributed by atoms with van der Waals surface area (Å²) in [6.45, 7) is 6.29. The van der Waals surface area contributed by atoms with Gasteiger partial charge in [-0.15, -0.1) is 0 Å². The molecular weight excluding hydrogens is 508 g/mol.